The molecule has 1 aromatic heterocycles. The third kappa shape index (κ3) is 11.2. The van der Waals surface area contributed by atoms with Gasteiger partial charge in [-0.1, -0.05) is 96.8 Å². The lowest BCUT2D eigenvalue weighted by molar-refractivity contribution is -0.696. The van der Waals surface area contributed by atoms with Gasteiger partial charge in [0.15, 0.2) is 0 Å². The van der Waals surface area contributed by atoms with Gasteiger partial charge in [0.2, 0.25) is 6.33 Å². The van der Waals surface area contributed by atoms with E-state index in [0.29, 0.717) is 0 Å². The zero-order chi connectivity index (χ0) is 24.4. The molecule has 0 bridgehead atoms. The standard InChI is InChI=1S/C32H54N3/c1-2-3-4-5-6-7-8-9-10-11-12-13-14-15-16-18-25-33-28-29-35(30-33)32-23-21-31(22-24-32)34-26-19-17-20-27-34/h21-24,28-30H,2-20,25-27H2,1H3/q+1. The van der Waals surface area contributed by atoms with Crippen LogP contribution in [0.3, 0.4) is 0 Å². The van der Waals surface area contributed by atoms with Gasteiger partial charge in [0.05, 0.1) is 6.54 Å². The summed E-state index contributed by atoms with van der Waals surface area (Å²) >= 11 is 0. The van der Waals surface area contributed by atoms with E-state index in [1.165, 1.54) is 146 Å². The molecule has 0 spiro atoms. The molecule has 0 saturated carbocycles. The lowest BCUT2D eigenvalue weighted by Crippen LogP contribution is -2.30. The molecule has 0 unspecified atom stereocenters. The number of hydrogen-bond donors (Lipinski definition) is 0. The van der Waals surface area contributed by atoms with E-state index in [1.54, 1.807) is 0 Å². The number of unbranched alkanes of at least 4 members (excludes halogenated alkanes) is 15. The average molecular weight is 481 g/mol. The van der Waals surface area contributed by atoms with Crippen molar-refractivity contribution in [3.05, 3.63) is 43.0 Å². The van der Waals surface area contributed by atoms with E-state index in [2.05, 4.69) is 63.9 Å². The van der Waals surface area contributed by atoms with E-state index >= 15 is 0 Å². The molecular formula is C32H54N3+. The molecule has 196 valence electrons. The van der Waals surface area contributed by atoms with Crippen LogP contribution in [0.5, 0.6) is 0 Å². The van der Waals surface area contributed by atoms with Crippen LogP contribution in [0.2, 0.25) is 0 Å². The van der Waals surface area contributed by atoms with Crippen LogP contribution in [0, 0.1) is 0 Å². The van der Waals surface area contributed by atoms with Gasteiger partial charge in [-0.15, -0.1) is 0 Å². The van der Waals surface area contributed by atoms with Gasteiger partial charge in [-0.2, -0.15) is 0 Å². The number of piperidine rings is 1. The Balaban J connectivity index is 1.16. The molecular weight excluding hydrogens is 426 g/mol. The SMILES string of the molecule is CCCCCCCCCCCCCCCCCC[n+]1ccn(-c2ccc(N3CCCCC3)cc2)c1. The molecule has 3 rings (SSSR count). The van der Waals surface area contributed by atoms with Crippen LogP contribution >= 0.6 is 0 Å². The first-order valence-corrected chi connectivity index (χ1v) is 15.3. The minimum Gasteiger partial charge on any atom is -0.372 e. The zero-order valence-corrected chi connectivity index (χ0v) is 22.9. The van der Waals surface area contributed by atoms with Crippen LogP contribution in [-0.2, 0) is 6.54 Å². The summed E-state index contributed by atoms with van der Waals surface area (Å²) in [5.41, 5.74) is 2.64. The fourth-order valence-corrected chi connectivity index (χ4v) is 5.51. The van der Waals surface area contributed by atoms with Crippen molar-refractivity contribution < 1.29 is 4.57 Å². The fourth-order valence-electron chi connectivity index (χ4n) is 5.51. The summed E-state index contributed by atoms with van der Waals surface area (Å²) in [6.07, 6.45) is 33.6. The highest BCUT2D eigenvalue weighted by molar-refractivity contribution is 5.51. The molecule has 1 aliphatic rings. The van der Waals surface area contributed by atoms with E-state index in [0.717, 1.165) is 6.54 Å². The van der Waals surface area contributed by atoms with Gasteiger partial charge in [0.25, 0.3) is 0 Å². The molecule has 1 fully saturated rings. The first-order chi connectivity index (χ1) is 17.4. The van der Waals surface area contributed by atoms with Crippen LogP contribution in [0.4, 0.5) is 5.69 Å². The third-order valence-corrected chi connectivity index (χ3v) is 7.83. The molecule has 35 heavy (non-hydrogen) atoms. The summed E-state index contributed by atoms with van der Waals surface area (Å²) in [6, 6.07) is 9.12. The number of rotatable bonds is 19. The Morgan fingerprint density at radius 3 is 1.63 bits per heavy atom. The van der Waals surface area contributed by atoms with Crippen molar-refractivity contribution in [3.63, 3.8) is 0 Å². The molecule has 1 aliphatic heterocycles. The Hall–Kier alpha value is -1.77. The topological polar surface area (TPSA) is 12.0 Å². The van der Waals surface area contributed by atoms with Gasteiger partial charge in [-0.25, -0.2) is 9.13 Å². The molecule has 3 heteroatoms. The van der Waals surface area contributed by atoms with Gasteiger partial charge in [0, 0.05) is 18.8 Å². The first kappa shape index (κ1) is 27.8. The third-order valence-electron chi connectivity index (χ3n) is 7.83. The minimum absolute atomic E-state index is 1.14. The Bertz CT molecular complexity index is 757. The van der Waals surface area contributed by atoms with Crippen LogP contribution < -0.4 is 9.47 Å². The molecule has 1 aromatic carbocycles. The Morgan fingerprint density at radius 1 is 0.600 bits per heavy atom. The van der Waals surface area contributed by atoms with Gasteiger partial charge in [-0.3, -0.25) is 0 Å². The highest BCUT2D eigenvalue weighted by Gasteiger charge is 2.12. The summed E-state index contributed by atoms with van der Waals surface area (Å²) in [6.45, 7) is 5.86. The van der Waals surface area contributed by atoms with Crippen molar-refractivity contribution in [1.29, 1.82) is 0 Å². The number of nitrogens with zero attached hydrogens (tertiary/aromatic N) is 3. The second kappa shape index (κ2) is 17.6. The molecule has 1 saturated heterocycles. The Kier molecular flexibility index (Phi) is 14.0. The van der Waals surface area contributed by atoms with Gasteiger partial charge in [-0.05, 0) is 56.4 Å². The van der Waals surface area contributed by atoms with Crippen LogP contribution in [-0.4, -0.2) is 17.7 Å². The summed E-state index contributed by atoms with van der Waals surface area (Å²) < 4.78 is 4.61. The normalized spacial score (nSPS) is 14.0. The average Bonchev–Trinajstić information content (AvgIpc) is 3.38. The smallest absolute Gasteiger partial charge is 0.248 e. The number of hydrogen-bond acceptors (Lipinski definition) is 1. The summed E-state index contributed by atoms with van der Waals surface area (Å²) in [5.74, 6) is 0. The lowest BCUT2D eigenvalue weighted by Gasteiger charge is -2.28. The summed E-state index contributed by atoms with van der Waals surface area (Å²) in [4.78, 5) is 2.53. The van der Waals surface area contributed by atoms with E-state index < -0.39 is 0 Å². The number of imidazole rings is 1. The van der Waals surface area contributed by atoms with Crippen molar-refractivity contribution in [2.24, 2.45) is 0 Å². The highest BCUT2D eigenvalue weighted by Crippen LogP contribution is 2.21. The van der Waals surface area contributed by atoms with E-state index in [9.17, 15) is 0 Å². The molecule has 0 aliphatic carbocycles. The fraction of sp³-hybridized carbons (Fsp3) is 0.719. The highest BCUT2D eigenvalue weighted by atomic mass is 15.1. The van der Waals surface area contributed by atoms with Gasteiger partial charge < -0.3 is 4.90 Å². The van der Waals surface area contributed by atoms with Crippen LogP contribution in [0.25, 0.3) is 5.69 Å². The summed E-state index contributed by atoms with van der Waals surface area (Å²) in [7, 11) is 0. The largest absolute Gasteiger partial charge is 0.372 e. The number of aromatic nitrogens is 2. The number of benzene rings is 1. The van der Waals surface area contributed by atoms with E-state index in [4.69, 9.17) is 0 Å². The van der Waals surface area contributed by atoms with E-state index in [-0.39, 0.29) is 0 Å². The Morgan fingerprint density at radius 2 is 1.09 bits per heavy atom. The quantitative estimate of drug-likeness (QED) is 0.144. The predicted octanol–water partition coefficient (Wildman–Crippen LogP) is 9.02. The maximum atomic E-state index is 2.53. The van der Waals surface area contributed by atoms with Gasteiger partial charge >= 0.3 is 0 Å². The second-order valence-corrected chi connectivity index (χ2v) is 10.9. The van der Waals surface area contributed by atoms with Gasteiger partial charge in [0.1, 0.15) is 18.1 Å². The molecule has 2 aromatic rings. The molecule has 0 amide bonds. The summed E-state index contributed by atoms with van der Waals surface area (Å²) in [5, 5.41) is 0. The minimum atomic E-state index is 1.14. The maximum absolute atomic E-state index is 2.53. The van der Waals surface area contributed by atoms with Crippen molar-refractivity contribution in [2.45, 2.75) is 135 Å². The van der Waals surface area contributed by atoms with Crippen molar-refractivity contribution in [1.82, 2.24) is 4.57 Å². The number of anilines is 1. The number of aryl methyl sites for hydroxylation is 1. The van der Waals surface area contributed by atoms with Crippen molar-refractivity contribution in [3.8, 4) is 5.69 Å². The molecule has 0 radical (unpaired) electrons. The molecule has 0 atom stereocenters. The van der Waals surface area contributed by atoms with Crippen LogP contribution in [0.15, 0.2) is 43.0 Å². The molecule has 2 heterocycles. The van der Waals surface area contributed by atoms with Crippen molar-refractivity contribution >= 4 is 5.69 Å². The monoisotopic (exact) mass is 480 g/mol. The zero-order valence-electron chi connectivity index (χ0n) is 22.9. The predicted molar refractivity (Wildman–Crippen MR) is 152 cm³/mol. The van der Waals surface area contributed by atoms with Crippen molar-refractivity contribution in [2.75, 3.05) is 18.0 Å². The maximum Gasteiger partial charge on any atom is 0.248 e. The molecule has 3 nitrogen and oxygen atoms in total. The Labute approximate surface area is 216 Å². The molecule has 0 N–H and O–H groups in total. The lowest BCUT2D eigenvalue weighted by atomic mass is 10.0. The van der Waals surface area contributed by atoms with Crippen LogP contribution in [0.1, 0.15) is 129 Å². The second-order valence-electron chi connectivity index (χ2n) is 10.9. The first-order valence-electron chi connectivity index (χ1n) is 15.3. The van der Waals surface area contributed by atoms with E-state index in [1.807, 2.05) is 0 Å².